The van der Waals surface area contributed by atoms with E-state index in [1.54, 1.807) is 4.31 Å². The van der Waals surface area contributed by atoms with E-state index < -0.39 is 10.0 Å². The molecule has 2 fully saturated rings. The fraction of sp³-hybridized carbons (Fsp3) is 1.00. The second kappa shape index (κ2) is 3.41. The molecule has 0 radical (unpaired) electrons. The van der Waals surface area contributed by atoms with Gasteiger partial charge in [0.1, 0.15) is 0 Å². The van der Waals surface area contributed by atoms with Crippen molar-refractivity contribution in [3.8, 4) is 0 Å². The number of hydrogen-bond donors (Lipinski definition) is 0. The lowest BCUT2D eigenvalue weighted by atomic mass is 10.6. The van der Waals surface area contributed by atoms with E-state index in [2.05, 4.69) is 0 Å². The number of sulfonamides is 1. The smallest absolute Gasteiger partial charge is 0.212 e. The molecule has 0 amide bonds. The van der Waals surface area contributed by atoms with Gasteiger partial charge in [-0.3, -0.25) is 0 Å². The van der Waals surface area contributed by atoms with Crippen LogP contribution in [0.1, 0.15) is 25.7 Å². The van der Waals surface area contributed by atoms with Crippen molar-refractivity contribution in [2.24, 2.45) is 0 Å². The maximum Gasteiger partial charge on any atom is 0.217 e. The first-order valence-corrected chi connectivity index (χ1v) is 6.76. The van der Waals surface area contributed by atoms with Gasteiger partial charge in [-0.25, -0.2) is 8.42 Å². The van der Waals surface area contributed by atoms with E-state index in [-0.39, 0.29) is 11.3 Å². The lowest BCUT2D eigenvalue weighted by Crippen LogP contribution is -2.37. The number of nitrogens with zero attached hydrogens (tertiary/aromatic N) is 1. The summed E-state index contributed by atoms with van der Waals surface area (Å²) < 4.78 is 25.3. The summed E-state index contributed by atoms with van der Waals surface area (Å²) in [6.07, 6.45) is 3.72. The van der Waals surface area contributed by atoms with Crippen LogP contribution in [0.2, 0.25) is 0 Å². The van der Waals surface area contributed by atoms with Crippen LogP contribution in [-0.4, -0.2) is 36.4 Å². The highest BCUT2D eigenvalue weighted by Crippen LogP contribution is 2.37. The van der Waals surface area contributed by atoms with Gasteiger partial charge in [-0.15, -0.1) is 11.6 Å². The summed E-state index contributed by atoms with van der Waals surface area (Å²) in [6.45, 7) is 0.491. The molecule has 0 N–H and O–H groups in total. The molecule has 0 atom stereocenters. The van der Waals surface area contributed by atoms with E-state index in [1.807, 2.05) is 0 Å². The van der Waals surface area contributed by atoms with Crippen molar-refractivity contribution in [1.29, 1.82) is 0 Å². The molecular weight excluding hydrogens is 210 g/mol. The summed E-state index contributed by atoms with van der Waals surface area (Å²) in [5, 5.41) is -0.0867. The zero-order valence-electron chi connectivity index (χ0n) is 7.45. The minimum absolute atomic E-state index is 0.0867. The van der Waals surface area contributed by atoms with Gasteiger partial charge in [0.15, 0.2) is 0 Å². The minimum atomic E-state index is -2.98. The third-order valence-corrected chi connectivity index (χ3v) is 5.15. The molecule has 0 bridgehead atoms. The van der Waals surface area contributed by atoms with Gasteiger partial charge in [0, 0.05) is 18.5 Å². The Hall–Kier alpha value is 0.200. The topological polar surface area (TPSA) is 37.4 Å². The Morgan fingerprint density at radius 1 is 1.23 bits per heavy atom. The zero-order valence-corrected chi connectivity index (χ0v) is 9.02. The van der Waals surface area contributed by atoms with E-state index in [0.717, 1.165) is 25.7 Å². The van der Waals surface area contributed by atoms with Gasteiger partial charge < -0.3 is 0 Å². The third-order valence-electron chi connectivity index (χ3n) is 2.53. The highest BCUT2D eigenvalue weighted by atomic mass is 35.5. The van der Waals surface area contributed by atoms with E-state index in [4.69, 9.17) is 11.6 Å². The maximum atomic E-state index is 11.8. The van der Waals surface area contributed by atoms with E-state index in [1.165, 1.54) is 0 Å². The Morgan fingerprint density at radius 2 is 1.85 bits per heavy atom. The average molecular weight is 224 g/mol. The molecule has 13 heavy (non-hydrogen) atoms. The monoisotopic (exact) mass is 223 g/mol. The predicted molar refractivity (Wildman–Crippen MR) is 52.4 cm³/mol. The quantitative estimate of drug-likeness (QED) is 0.657. The van der Waals surface area contributed by atoms with Crippen molar-refractivity contribution in [3.63, 3.8) is 0 Å². The molecule has 2 saturated carbocycles. The lowest BCUT2D eigenvalue weighted by molar-refractivity contribution is 0.421. The SMILES string of the molecule is O=S(=O)(C1CC1)N(CCCl)C1CC1. The van der Waals surface area contributed by atoms with E-state index >= 15 is 0 Å². The van der Waals surface area contributed by atoms with Crippen LogP contribution in [0.15, 0.2) is 0 Å². The van der Waals surface area contributed by atoms with Crippen molar-refractivity contribution in [3.05, 3.63) is 0 Å². The predicted octanol–water partition coefficient (Wildman–Crippen LogP) is 1.18. The van der Waals surface area contributed by atoms with Crippen molar-refractivity contribution >= 4 is 21.6 Å². The van der Waals surface area contributed by atoms with Gasteiger partial charge in [0.2, 0.25) is 10.0 Å². The Kier molecular flexibility index (Phi) is 2.55. The Bertz CT molecular complexity index is 283. The number of alkyl halides is 1. The first kappa shape index (κ1) is 9.74. The molecule has 0 heterocycles. The lowest BCUT2D eigenvalue weighted by Gasteiger charge is -2.20. The normalized spacial score (nSPS) is 23.8. The summed E-state index contributed by atoms with van der Waals surface area (Å²) >= 11 is 5.59. The van der Waals surface area contributed by atoms with Gasteiger partial charge in [-0.2, -0.15) is 4.31 Å². The van der Waals surface area contributed by atoms with Crippen LogP contribution < -0.4 is 0 Å². The van der Waals surface area contributed by atoms with Crippen LogP contribution in [0.25, 0.3) is 0 Å². The maximum absolute atomic E-state index is 11.8. The summed E-state index contributed by atoms with van der Waals surface area (Å²) in [5.74, 6) is 0.405. The standard InChI is InChI=1S/C8H14ClNO2S/c9-5-6-10(7-1-2-7)13(11,12)8-3-4-8/h7-8H,1-6H2. The molecule has 2 rings (SSSR count). The molecular formula is C8H14ClNO2S. The summed E-state index contributed by atoms with van der Waals surface area (Å²) in [6, 6.07) is 0.268. The largest absolute Gasteiger partial charge is 0.217 e. The zero-order chi connectivity index (χ0) is 9.47. The van der Waals surface area contributed by atoms with Gasteiger partial charge in [0.05, 0.1) is 5.25 Å². The molecule has 0 spiro atoms. The van der Waals surface area contributed by atoms with E-state index in [9.17, 15) is 8.42 Å². The molecule has 5 heteroatoms. The highest BCUT2D eigenvalue weighted by molar-refractivity contribution is 7.90. The van der Waals surface area contributed by atoms with Gasteiger partial charge >= 0.3 is 0 Å². The molecule has 0 saturated heterocycles. The first-order valence-electron chi connectivity index (χ1n) is 4.73. The van der Waals surface area contributed by atoms with E-state index in [0.29, 0.717) is 12.4 Å². The van der Waals surface area contributed by atoms with Crippen LogP contribution in [0.5, 0.6) is 0 Å². The Morgan fingerprint density at radius 3 is 2.23 bits per heavy atom. The fourth-order valence-corrected chi connectivity index (χ4v) is 3.89. The number of hydrogen-bond acceptors (Lipinski definition) is 2. The Balaban J connectivity index is 2.08. The van der Waals surface area contributed by atoms with Crippen molar-refractivity contribution in [2.45, 2.75) is 37.0 Å². The second-order valence-electron chi connectivity index (χ2n) is 3.78. The molecule has 0 unspecified atom stereocenters. The van der Waals surface area contributed by atoms with Gasteiger partial charge in [-0.05, 0) is 25.7 Å². The minimum Gasteiger partial charge on any atom is -0.212 e. The molecule has 0 aromatic rings. The summed E-state index contributed by atoms with van der Waals surface area (Å²) in [7, 11) is -2.98. The van der Waals surface area contributed by atoms with Gasteiger partial charge in [0.25, 0.3) is 0 Å². The fourth-order valence-electron chi connectivity index (χ4n) is 1.52. The molecule has 2 aliphatic carbocycles. The van der Waals surface area contributed by atoms with Crippen LogP contribution in [-0.2, 0) is 10.0 Å². The summed E-state index contributed by atoms with van der Waals surface area (Å²) in [5.41, 5.74) is 0. The molecule has 3 nitrogen and oxygen atoms in total. The van der Waals surface area contributed by atoms with Crippen LogP contribution in [0, 0.1) is 0 Å². The Labute approximate surface area is 84.1 Å². The van der Waals surface area contributed by atoms with Crippen molar-refractivity contribution in [2.75, 3.05) is 12.4 Å². The van der Waals surface area contributed by atoms with Gasteiger partial charge in [-0.1, -0.05) is 0 Å². The number of halogens is 1. The molecule has 0 aromatic carbocycles. The van der Waals surface area contributed by atoms with Crippen molar-refractivity contribution < 1.29 is 8.42 Å². The number of rotatable bonds is 5. The molecule has 0 aliphatic heterocycles. The van der Waals surface area contributed by atoms with Crippen molar-refractivity contribution in [1.82, 2.24) is 4.31 Å². The average Bonchev–Trinajstić information content (AvgIpc) is 2.85. The van der Waals surface area contributed by atoms with Crippen LogP contribution >= 0.6 is 11.6 Å². The highest BCUT2D eigenvalue weighted by Gasteiger charge is 2.45. The van der Waals surface area contributed by atoms with Crippen LogP contribution in [0.4, 0.5) is 0 Å². The van der Waals surface area contributed by atoms with Crippen LogP contribution in [0.3, 0.4) is 0 Å². The molecule has 2 aliphatic rings. The third kappa shape index (κ3) is 2.00. The molecule has 0 aromatic heterocycles. The molecule has 76 valence electrons. The first-order chi connectivity index (χ1) is 6.16. The second-order valence-corrected chi connectivity index (χ2v) is 6.32. The summed E-state index contributed by atoms with van der Waals surface area (Å²) in [4.78, 5) is 0.